The summed E-state index contributed by atoms with van der Waals surface area (Å²) in [5.41, 5.74) is 3.60. The lowest BCUT2D eigenvalue weighted by Crippen LogP contribution is -2.27. The Morgan fingerprint density at radius 3 is 2.30 bits per heavy atom. The number of anilines is 1. The van der Waals surface area contributed by atoms with Gasteiger partial charge in [-0.05, 0) is 42.5 Å². The van der Waals surface area contributed by atoms with E-state index in [0.29, 0.717) is 13.0 Å². The minimum atomic E-state index is 0.0925. The van der Waals surface area contributed by atoms with Crippen molar-refractivity contribution in [3.05, 3.63) is 65.7 Å². The molecule has 1 fully saturated rings. The number of rotatable bonds is 6. The molecule has 120 valence electrons. The molecule has 1 heterocycles. The predicted octanol–water partition coefficient (Wildman–Crippen LogP) is 3.19. The molecular formula is C20H24N2O. The van der Waals surface area contributed by atoms with E-state index in [4.69, 9.17) is 0 Å². The van der Waals surface area contributed by atoms with Gasteiger partial charge in [-0.3, -0.25) is 4.79 Å². The highest BCUT2D eigenvalue weighted by molar-refractivity contribution is 5.78. The minimum Gasteiger partial charge on any atom is -0.372 e. The van der Waals surface area contributed by atoms with Gasteiger partial charge in [-0.2, -0.15) is 0 Å². The molecule has 2 aromatic rings. The summed E-state index contributed by atoms with van der Waals surface area (Å²) in [7, 11) is 0. The fraction of sp³-hybridized carbons (Fsp3) is 0.350. The summed E-state index contributed by atoms with van der Waals surface area (Å²) in [4.78, 5) is 14.4. The molecular weight excluding hydrogens is 284 g/mol. The van der Waals surface area contributed by atoms with Gasteiger partial charge in [0.1, 0.15) is 0 Å². The zero-order valence-corrected chi connectivity index (χ0v) is 13.5. The first-order valence-corrected chi connectivity index (χ1v) is 8.46. The lowest BCUT2D eigenvalue weighted by Gasteiger charge is -2.17. The zero-order chi connectivity index (χ0) is 15.9. The van der Waals surface area contributed by atoms with Crippen LogP contribution in [0.25, 0.3) is 0 Å². The third kappa shape index (κ3) is 4.59. The van der Waals surface area contributed by atoms with Gasteiger partial charge in [-0.25, -0.2) is 0 Å². The molecule has 23 heavy (non-hydrogen) atoms. The second-order valence-electron chi connectivity index (χ2n) is 6.12. The summed E-state index contributed by atoms with van der Waals surface area (Å²) in [6.45, 7) is 2.99. The summed E-state index contributed by atoms with van der Waals surface area (Å²) in [5, 5.41) is 3.00. The van der Waals surface area contributed by atoms with Gasteiger partial charge in [0.15, 0.2) is 0 Å². The monoisotopic (exact) mass is 308 g/mol. The first kappa shape index (κ1) is 15.6. The fourth-order valence-corrected chi connectivity index (χ4v) is 3.04. The predicted molar refractivity (Wildman–Crippen MR) is 94.7 cm³/mol. The molecule has 1 saturated heterocycles. The van der Waals surface area contributed by atoms with E-state index in [-0.39, 0.29) is 5.91 Å². The maximum absolute atomic E-state index is 12.0. The first-order valence-electron chi connectivity index (χ1n) is 8.46. The van der Waals surface area contributed by atoms with Gasteiger partial charge in [-0.15, -0.1) is 0 Å². The van der Waals surface area contributed by atoms with Gasteiger partial charge in [0, 0.05) is 25.3 Å². The SMILES string of the molecule is O=C(Cc1ccc(N2CCCC2)cc1)NCCc1ccccc1. The Labute approximate surface area is 138 Å². The molecule has 1 aliphatic rings. The first-order chi connectivity index (χ1) is 11.3. The molecule has 0 aliphatic carbocycles. The Kier molecular flexibility index (Phi) is 5.30. The van der Waals surface area contributed by atoms with E-state index < -0.39 is 0 Å². The van der Waals surface area contributed by atoms with Crippen LogP contribution in [0.2, 0.25) is 0 Å². The lowest BCUT2D eigenvalue weighted by molar-refractivity contribution is -0.120. The minimum absolute atomic E-state index is 0.0925. The van der Waals surface area contributed by atoms with Crippen molar-refractivity contribution in [2.45, 2.75) is 25.7 Å². The van der Waals surface area contributed by atoms with Gasteiger partial charge < -0.3 is 10.2 Å². The number of amides is 1. The largest absolute Gasteiger partial charge is 0.372 e. The maximum atomic E-state index is 12.0. The Balaban J connectivity index is 1.44. The van der Waals surface area contributed by atoms with Gasteiger partial charge in [0.2, 0.25) is 5.91 Å². The van der Waals surface area contributed by atoms with Gasteiger partial charge >= 0.3 is 0 Å². The van der Waals surface area contributed by atoms with Crippen LogP contribution in [-0.2, 0) is 17.6 Å². The van der Waals surface area contributed by atoms with Crippen LogP contribution < -0.4 is 10.2 Å². The molecule has 0 aromatic heterocycles. The van der Waals surface area contributed by atoms with Crippen molar-refractivity contribution in [1.29, 1.82) is 0 Å². The second kappa shape index (κ2) is 7.82. The Morgan fingerprint density at radius 2 is 1.61 bits per heavy atom. The molecule has 0 radical (unpaired) electrons. The van der Waals surface area contributed by atoms with Crippen molar-refractivity contribution in [2.24, 2.45) is 0 Å². The summed E-state index contributed by atoms with van der Waals surface area (Å²) in [6, 6.07) is 18.7. The highest BCUT2D eigenvalue weighted by Crippen LogP contribution is 2.20. The third-order valence-corrected chi connectivity index (χ3v) is 4.35. The lowest BCUT2D eigenvalue weighted by atomic mass is 10.1. The Bertz CT molecular complexity index is 616. The van der Waals surface area contributed by atoms with Crippen LogP contribution >= 0.6 is 0 Å². The average Bonchev–Trinajstić information content (AvgIpc) is 3.11. The fourth-order valence-electron chi connectivity index (χ4n) is 3.04. The van der Waals surface area contributed by atoms with E-state index in [2.05, 4.69) is 46.6 Å². The average molecular weight is 308 g/mol. The molecule has 3 heteroatoms. The standard InChI is InChI=1S/C20H24N2O/c23-20(21-13-12-17-6-2-1-3-7-17)16-18-8-10-19(11-9-18)22-14-4-5-15-22/h1-3,6-11H,4-5,12-16H2,(H,21,23). The summed E-state index contributed by atoms with van der Waals surface area (Å²) in [6.07, 6.45) is 3.90. The van der Waals surface area contributed by atoms with Crippen molar-refractivity contribution >= 4 is 11.6 Å². The number of nitrogens with one attached hydrogen (secondary N) is 1. The van der Waals surface area contributed by atoms with Crippen molar-refractivity contribution in [3.8, 4) is 0 Å². The van der Waals surface area contributed by atoms with Crippen LogP contribution in [0, 0.1) is 0 Å². The zero-order valence-electron chi connectivity index (χ0n) is 13.5. The number of carbonyl (C=O) groups is 1. The molecule has 0 saturated carbocycles. The summed E-state index contributed by atoms with van der Waals surface area (Å²) >= 11 is 0. The van der Waals surface area contributed by atoms with Crippen LogP contribution in [0.5, 0.6) is 0 Å². The topological polar surface area (TPSA) is 32.3 Å². The van der Waals surface area contributed by atoms with Crippen molar-refractivity contribution in [3.63, 3.8) is 0 Å². The number of benzene rings is 2. The van der Waals surface area contributed by atoms with Crippen molar-refractivity contribution < 1.29 is 4.79 Å². The number of nitrogens with zero attached hydrogens (tertiary/aromatic N) is 1. The maximum Gasteiger partial charge on any atom is 0.224 e. The molecule has 2 aromatic carbocycles. The van der Waals surface area contributed by atoms with Crippen molar-refractivity contribution in [2.75, 3.05) is 24.5 Å². The number of hydrogen-bond donors (Lipinski definition) is 1. The third-order valence-electron chi connectivity index (χ3n) is 4.35. The molecule has 1 amide bonds. The van der Waals surface area contributed by atoms with E-state index in [0.717, 1.165) is 25.1 Å². The van der Waals surface area contributed by atoms with Crippen molar-refractivity contribution in [1.82, 2.24) is 5.32 Å². The van der Waals surface area contributed by atoms with E-state index >= 15 is 0 Å². The van der Waals surface area contributed by atoms with Crippen LogP contribution in [0.15, 0.2) is 54.6 Å². The molecule has 0 unspecified atom stereocenters. The van der Waals surface area contributed by atoms with E-state index in [1.54, 1.807) is 0 Å². The van der Waals surface area contributed by atoms with Gasteiger partial charge in [-0.1, -0.05) is 42.5 Å². The quantitative estimate of drug-likeness (QED) is 0.889. The van der Waals surface area contributed by atoms with Gasteiger partial charge in [0.25, 0.3) is 0 Å². The van der Waals surface area contributed by atoms with E-state index in [9.17, 15) is 4.79 Å². The molecule has 3 rings (SSSR count). The number of carbonyl (C=O) groups excluding carboxylic acids is 1. The molecule has 0 bridgehead atoms. The number of hydrogen-bond acceptors (Lipinski definition) is 2. The normalized spacial score (nSPS) is 14.0. The van der Waals surface area contributed by atoms with Gasteiger partial charge in [0.05, 0.1) is 6.42 Å². The molecule has 1 aliphatic heterocycles. The molecule has 0 spiro atoms. The smallest absolute Gasteiger partial charge is 0.224 e. The highest BCUT2D eigenvalue weighted by Gasteiger charge is 2.12. The molecule has 3 nitrogen and oxygen atoms in total. The van der Waals surface area contributed by atoms with E-state index in [1.807, 2.05) is 18.2 Å². The Morgan fingerprint density at radius 1 is 0.913 bits per heavy atom. The molecule has 1 N–H and O–H groups in total. The van der Waals surface area contributed by atoms with E-state index in [1.165, 1.54) is 24.1 Å². The highest BCUT2D eigenvalue weighted by atomic mass is 16.1. The summed E-state index contributed by atoms with van der Waals surface area (Å²) < 4.78 is 0. The summed E-state index contributed by atoms with van der Waals surface area (Å²) in [5.74, 6) is 0.0925. The van der Waals surface area contributed by atoms with Crippen LogP contribution in [0.1, 0.15) is 24.0 Å². The second-order valence-corrected chi connectivity index (χ2v) is 6.12. The molecule has 0 atom stereocenters. The van der Waals surface area contributed by atoms with Crippen LogP contribution in [0.3, 0.4) is 0 Å². The van der Waals surface area contributed by atoms with Crippen LogP contribution in [0.4, 0.5) is 5.69 Å². The Hall–Kier alpha value is -2.29. The van der Waals surface area contributed by atoms with Crippen LogP contribution in [-0.4, -0.2) is 25.5 Å².